The van der Waals surface area contributed by atoms with E-state index in [1.165, 1.54) is 0 Å². The van der Waals surface area contributed by atoms with Gasteiger partial charge >= 0.3 is 0 Å². The van der Waals surface area contributed by atoms with Crippen LogP contribution < -0.4 is 9.64 Å². The number of ether oxygens (including phenoxy) is 3. The zero-order valence-corrected chi connectivity index (χ0v) is 12.6. The summed E-state index contributed by atoms with van der Waals surface area (Å²) in [6.45, 7) is 5.02. The lowest BCUT2D eigenvalue weighted by molar-refractivity contribution is -0.228. The second-order valence-electron chi connectivity index (χ2n) is 4.96. The molecule has 0 bridgehead atoms. The highest BCUT2D eigenvalue weighted by Crippen LogP contribution is 2.38. The zero-order chi connectivity index (χ0) is 13.5. The topological polar surface area (TPSA) is 43.8 Å². The maximum Gasteiger partial charge on any atom is 0.237 e. The molecule has 2 aliphatic rings. The number of methoxy groups -OCH3 is 1. The van der Waals surface area contributed by atoms with Crippen LogP contribution in [0.4, 0.5) is 5.69 Å². The predicted molar refractivity (Wildman–Crippen MR) is 74.8 cm³/mol. The molecule has 6 heteroatoms. The number of halogens is 1. The van der Waals surface area contributed by atoms with Crippen LogP contribution in [0.15, 0.2) is 16.7 Å². The molecular formula is C13H17BrN2O3. The molecule has 0 saturated carbocycles. The Morgan fingerprint density at radius 3 is 2.95 bits per heavy atom. The van der Waals surface area contributed by atoms with E-state index in [1.807, 2.05) is 6.07 Å². The maximum atomic E-state index is 5.93. The van der Waals surface area contributed by atoms with Crippen molar-refractivity contribution >= 4 is 21.6 Å². The number of pyridine rings is 1. The summed E-state index contributed by atoms with van der Waals surface area (Å²) in [4.78, 5) is 6.61. The summed E-state index contributed by atoms with van der Waals surface area (Å²) in [6, 6.07) is 2.28. The van der Waals surface area contributed by atoms with Gasteiger partial charge in [-0.15, -0.1) is 0 Å². The fourth-order valence-electron chi connectivity index (χ4n) is 2.68. The van der Waals surface area contributed by atoms with Crippen LogP contribution in [0.2, 0.25) is 0 Å². The van der Waals surface area contributed by atoms with Gasteiger partial charge in [0.05, 0.1) is 33.0 Å². The lowest BCUT2D eigenvalue weighted by atomic mass is 9.90. The third kappa shape index (κ3) is 2.11. The maximum absolute atomic E-state index is 5.93. The Kier molecular flexibility index (Phi) is 3.41. The van der Waals surface area contributed by atoms with E-state index < -0.39 is 0 Å². The predicted octanol–water partition coefficient (Wildman–Crippen LogP) is 1.85. The Hall–Kier alpha value is -0.850. The van der Waals surface area contributed by atoms with Crippen molar-refractivity contribution in [2.45, 2.75) is 18.6 Å². The van der Waals surface area contributed by atoms with E-state index in [4.69, 9.17) is 14.2 Å². The normalized spacial score (nSPS) is 25.2. The molecule has 3 heterocycles. The minimum atomic E-state index is -0.175. The largest absolute Gasteiger partial charge is 0.480 e. The van der Waals surface area contributed by atoms with Gasteiger partial charge < -0.3 is 19.1 Å². The molecular weight excluding hydrogens is 312 g/mol. The van der Waals surface area contributed by atoms with Gasteiger partial charge in [-0.05, 0) is 28.9 Å². The van der Waals surface area contributed by atoms with Crippen LogP contribution in [0.25, 0.3) is 0 Å². The minimum absolute atomic E-state index is 0.175. The van der Waals surface area contributed by atoms with Crippen molar-refractivity contribution < 1.29 is 14.2 Å². The molecule has 0 amide bonds. The Morgan fingerprint density at radius 2 is 2.32 bits per heavy atom. The highest BCUT2D eigenvalue weighted by molar-refractivity contribution is 9.10. The number of morpholine rings is 1. The molecule has 19 heavy (non-hydrogen) atoms. The van der Waals surface area contributed by atoms with E-state index >= 15 is 0 Å². The first-order chi connectivity index (χ1) is 9.16. The third-order valence-electron chi connectivity index (χ3n) is 3.95. The Morgan fingerprint density at radius 1 is 1.53 bits per heavy atom. The number of anilines is 1. The van der Waals surface area contributed by atoms with Crippen LogP contribution in [0.5, 0.6) is 5.88 Å². The van der Waals surface area contributed by atoms with Crippen molar-refractivity contribution in [3.63, 3.8) is 0 Å². The second kappa shape index (κ2) is 4.92. The van der Waals surface area contributed by atoms with Crippen LogP contribution >= 0.6 is 15.9 Å². The Bertz CT molecular complexity index is 479. The highest BCUT2D eigenvalue weighted by atomic mass is 79.9. The average Bonchev–Trinajstić information content (AvgIpc) is 2.37. The molecule has 1 spiro atoms. The Balaban J connectivity index is 1.94. The zero-order valence-electron chi connectivity index (χ0n) is 11.1. The lowest BCUT2D eigenvalue weighted by Gasteiger charge is -2.53. The second-order valence-corrected chi connectivity index (χ2v) is 5.87. The van der Waals surface area contributed by atoms with Crippen molar-refractivity contribution in [3.8, 4) is 5.88 Å². The first-order valence-corrected chi connectivity index (χ1v) is 7.13. The number of rotatable bonds is 2. The van der Waals surface area contributed by atoms with Crippen LogP contribution in [0.1, 0.15) is 6.92 Å². The van der Waals surface area contributed by atoms with Crippen molar-refractivity contribution in [1.29, 1.82) is 0 Å². The number of nitrogens with zero attached hydrogens (tertiary/aromatic N) is 2. The van der Waals surface area contributed by atoms with Crippen molar-refractivity contribution in [2.24, 2.45) is 0 Å². The Labute approximate surface area is 121 Å². The fraction of sp³-hybridized carbons (Fsp3) is 0.615. The van der Waals surface area contributed by atoms with E-state index in [1.54, 1.807) is 13.3 Å². The molecule has 0 aromatic carbocycles. The number of hydrogen-bond acceptors (Lipinski definition) is 5. The van der Waals surface area contributed by atoms with Crippen LogP contribution in [0.3, 0.4) is 0 Å². The molecule has 1 unspecified atom stereocenters. The van der Waals surface area contributed by atoms with Crippen LogP contribution in [-0.2, 0) is 9.47 Å². The summed E-state index contributed by atoms with van der Waals surface area (Å²) < 4.78 is 17.6. The molecule has 1 atom stereocenters. The SMILES string of the molecule is COc1ncc(Br)cc1N1CCOC2(COC2)C1C. The fourth-order valence-corrected chi connectivity index (χ4v) is 3.00. The summed E-state index contributed by atoms with van der Waals surface area (Å²) >= 11 is 3.47. The lowest BCUT2D eigenvalue weighted by Crippen LogP contribution is -2.68. The van der Waals surface area contributed by atoms with Crippen molar-refractivity contribution in [1.82, 2.24) is 4.98 Å². The average molecular weight is 329 g/mol. The van der Waals surface area contributed by atoms with Crippen LogP contribution in [0, 0.1) is 0 Å². The minimum Gasteiger partial charge on any atom is -0.480 e. The molecule has 0 aliphatic carbocycles. The van der Waals surface area contributed by atoms with Gasteiger partial charge in [0.25, 0.3) is 0 Å². The quantitative estimate of drug-likeness (QED) is 0.828. The first kappa shape index (κ1) is 13.1. The molecule has 0 radical (unpaired) electrons. The molecule has 2 aliphatic heterocycles. The summed E-state index contributed by atoms with van der Waals surface area (Å²) in [6.07, 6.45) is 1.75. The van der Waals surface area contributed by atoms with Gasteiger partial charge in [-0.2, -0.15) is 0 Å². The van der Waals surface area contributed by atoms with Gasteiger partial charge in [0.15, 0.2) is 0 Å². The van der Waals surface area contributed by atoms with Gasteiger partial charge in [0.1, 0.15) is 11.3 Å². The molecule has 1 aromatic rings. The molecule has 1 aromatic heterocycles. The van der Waals surface area contributed by atoms with Crippen LogP contribution in [-0.4, -0.2) is 50.1 Å². The third-order valence-corrected chi connectivity index (χ3v) is 4.38. The molecule has 2 saturated heterocycles. The molecule has 104 valence electrons. The molecule has 2 fully saturated rings. The standard InChI is InChI=1S/C13H17BrN2O3/c1-9-13(7-18-8-13)19-4-3-16(9)11-5-10(14)6-15-12(11)17-2/h5-6,9H,3-4,7-8H2,1-2H3. The van der Waals surface area contributed by atoms with E-state index in [-0.39, 0.29) is 11.6 Å². The molecule has 3 rings (SSSR count). The summed E-state index contributed by atoms with van der Waals surface area (Å²) in [7, 11) is 1.65. The van der Waals surface area contributed by atoms with E-state index in [9.17, 15) is 0 Å². The van der Waals surface area contributed by atoms with E-state index in [2.05, 4.69) is 32.7 Å². The smallest absolute Gasteiger partial charge is 0.237 e. The van der Waals surface area contributed by atoms with Gasteiger partial charge in [-0.1, -0.05) is 0 Å². The van der Waals surface area contributed by atoms with Crippen molar-refractivity contribution in [2.75, 3.05) is 38.4 Å². The van der Waals surface area contributed by atoms with E-state index in [0.717, 1.165) is 16.7 Å². The van der Waals surface area contributed by atoms with E-state index in [0.29, 0.717) is 25.7 Å². The monoisotopic (exact) mass is 328 g/mol. The van der Waals surface area contributed by atoms with Gasteiger partial charge in [0, 0.05) is 17.2 Å². The first-order valence-electron chi connectivity index (χ1n) is 6.34. The van der Waals surface area contributed by atoms with Crippen molar-refractivity contribution in [3.05, 3.63) is 16.7 Å². The summed E-state index contributed by atoms with van der Waals surface area (Å²) in [5.41, 5.74) is 0.824. The molecule has 0 N–H and O–H groups in total. The van der Waals surface area contributed by atoms with Gasteiger partial charge in [0.2, 0.25) is 5.88 Å². The summed E-state index contributed by atoms with van der Waals surface area (Å²) in [5.74, 6) is 0.646. The molecule has 5 nitrogen and oxygen atoms in total. The summed E-state index contributed by atoms with van der Waals surface area (Å²) in [5, 5.41) is 0. The number of hydrogen-bond donors (Lipinski definition) is 0. The highest BCUT2D eigenvalue weighted by Gasteiger charge is 2.50. The van der Waals surface area contributed by atoms with Gasteiger partial charge in [-0.25, -0.2) is 4.98 Å². The van der Waals surface area contributed by atoms with Gasteiger partial charge in [-0.3, -0.25) is 0 Å². The number of aromatic nitrogens is 1.